The fourth-order valence-corrected chi connectivity index (χ4v) is 2.26. The lowest BCUT2D eigenvalue weighted by Gasteiger charge is -2.28. The first-order valence-electron chi connectivity index (χ1n) is 6.54. The van der Waals surface area contributed by atoms with E-state index in [9.17, 15) is 14.4 Å². The molecule has 0 saturated carbocycles. The molecule has 0 aromatic rings. The Kier molecular flexibility index (Phi) is 6.44. The highest BCUT2D eigenvalue weighted by atomic mass is 16.6. The van der Waals surface area contributed by atoms with Crippen molar-refractivity contribution in [2.75, 3.05) is 27.4 Å². The summed E-state index contributed by atoms with van der Waals surface area (Å²) >= 11 is 0. The van der Waals surface area contributed by atoms with Gasteiger partial charge in [0.15, 0.2) is 0 Å². The molecule has 114 valence electrons. The summed E-state index contributed by atoms with van der Waals surface area (Å²) in [5.41, 5.74) is 0. The number of carbonyl (C=O) groups excluding carboxylic acids is 3. The van der Waals surface area contributed by atoms with Gasteiger partial charge in [0, 0.05) is 19.6 Å². The number of hydrogen-bond donors (Lipinski definition) is 0. The number of amides is 1. The molecule has 1 rings (SSSR count). The summed E-state index contributed by atoms with van der Waals surface area (Å²) in [6.45, 7) is 2.22. The monoisotopic (exact) mass is 287 g/mol. The molecule has 1 heterocycles. The Hall–Kier alpha value is -1.63. The van der Waals surface area contributed by atoms with Crippen LogP contribution in [-0.2, 0) is 28.6 Å². The van der Waals surface area contributed by atoms with Crippen LogP contribution in [0.5, 0.6) is 0 Å². The Bertz CT molecular complexity index is 370. The van der Waals surface area contributed by atoms with Gasteiger partial charge in [-0.1, -0.05) is 0 Å². The highest BCUT2D eigenvalue weighted by Crippen LogP contribution is 2.24. The second kappa shape index (κ2) is 7.84. The van der Waals surface area contributed by atoms with Crippen molar-refractivity contribution in [3.05, 3.63) is 0 Å². The molecule has 1 aliphatic heterocycles. The molecule has 0 aliphatic carbocycles. The molecule has 0 bridgehead atoms. The first kappa shape index (κ1) is 16.4. The van der Waals surface area contributed by atoms with E-state index in [4.69, 9.17) is 9.47 Å². The average Bonchev–Trinajstić information content (AvgIpc) is 2.80. The van der Waals surface area contributed by atoms with E-state index in [2.05, 4.69) is 4.74 Å². The molecule has 0 aromatic heterocycles. The number of likely N-dealkylation sites (tertiary alicyclic amines) is 1. The van der Waals surface area contributed by atoms with E-state index in [0.29, 0.717) is 19.4 Å². The molecule has 0 radical (unpaired) electrons. The van der Waals surface area contributed by atoms with E-state index < -0.39 is 24.0 Å². The standard InChI is InChI=1S/C13H21NO6/c1-9(8-12(16)20-7-6-18-2)14-10(13(17)19-3)4-5-11(14)15/h9-10H,4-8H2,1-3H3. The summed E-state index contributed by atoms with van der Waals surface area (Å²) < 4.78 is 14.4. The number of nitrogens with zero attached hydrogens (tertiary/aromatic N) is 1. The van der Waals surface area contributed by atoms with Gasteiger partial charge in [-0.25, -0.2) is 4.79 Å². The summed E-state index contributed by atoms with van der Waals surface area (Å²) in [7, 11) is 2.80. The fourth-order valence-electron chi connectivity index (χ4n) is 2.26. The molecular weight excluding hydrogens is 266 g/mol. The van der Waals surface area contributed by atoms with E-state index in [1.165, 1.54) is 19.1 Å². The highest BCUT2D eigenvalue weighted by molar-refractivity contribution is 5.88. The van der Waals surface area contributed by atoms with Crippen molar-refractivity contribution >= 4 is 17.8 Å². The van der Waals surface area contributed by atoms with Gasteiger partial charge in [-0.05, 0) is 13.3 Å². The first-order valence-corrected chi connectivity index (χ1v) is 6.54. The highest BCUT2D eigenvalue weighted by Gasteiger charge is 2.40. The van der Waals surface area contributed by atoms with Gasteiger partial charge in [0.05, 0.1) is 20.1 Å². The van der Waals surface area contributed by atoms with Crippen LogP contribution in [0.4, 0.5) is 0 Å². The summed E-state index contributed by atoms with van der Waals surface area (Å²) in [6.07, 6.45) is 0.764. The molecule has 1 saturated heterocycles. The van der Waals surface area contributed by atoms with Crippen LogP contribution >= 0.6 is 0 Å². The van der Waals surface area contributed by atoms with Gasteiger partial charge in [-0.15, -0.1) is 0 Å². The quantitative estimate of drug-likeness (QED) is 0.488. The Morgan fingerprint density at radius 2 is 2.05 bits per heavy atom. The van der Waals surface area contributed by atoms with Crippen LogP contribution in [0.25, 0.3) is 0 Å². The van der Waals surface area contributed by atoms with Gasteiger partial charge in [0.1, 0.15) is 12.6 Å². The van der Waals surface area contributed by atoms with Crippen molar-refractivity contribution in [2.45, 2.75) is 38.3 Å². The molecule has 1 amide bonds. The van der Waals surface area contributed by atoms with Crippen molar-refractivity contribution < 1.29 is 28.6 Å². The third-order valence-corrected chi connectivity index (χ3v) is 3.22. The molecule has 2 atom stereocenters. The lowest BCUT2D eigenvalue weighted by atomic mass is 10.1. The maximum atomic E-state index is 11.8. The van der Waals surface area contributed by atoms with E-state index >= 15 is 0 Å². The molecule has 1 fully saturated rings. The number of ether oxygens (including phenoxy) is 3. The van der Waals surface area contributed by atoms with Gasteiger partial charge in [0.25, 0.3) is 0 Å². The minimum atomic E-state index is -0.603. The third kappa shape index (κ3) is 4.19. The van der Waals surface area contributed by atoms with E-state index in [1.54, 1.807) is 6.92 Å². The summed E-state index contributed by atoms with van der Waals surface area (Å²) in [5.74, 6) is -1.01. The van der Waals surface area contributed by atoms with Crippen LogP contribution in [0.15, 0.2) is 0 Å². The summed E-state index contributed by atoms with van der Waals surface area (Å²) in [5, 5.41) is 0. The second-order valence-corrected chi connectivity index (χ2v) is 4.65. The molecule has 0 N–H and O–H groups in total. The SMILES string of the molecule is COCCOC(=O)CC(C)N1C(=O)CCC1C(=O)OC. The van der Waals surface area contributed by atoms with Crippen LogP contribution in [-0.4, -0.2) is 62.3 Å². The lowest BCUT2D eigenvalue weighted by molar-refractivity contribution is -0.153. The minimum absolute atomic E-state index is 0.0446. The maximum absolute atomic E-state index is 11.8. The predicted molar refractivity (Wildman–Crippen MR) is 68.8 cm³/mol. The zero-order valence-corrected chi connectivity index (χ0v) is 12.1. The zero-order chi connectivity index (χ0) is 15.1. The molecule has 7 heteroatoms. The molecule has 20 heavy (non-hydrogen) atoms. The van der Waals surface area contributed by atoms with Gasteiger partial charge < -0.3 is 19.1 Å². The van der Waals surface area contributed by atoms with Crippen LogP contribution in [0, 0.1) is 0 Å². The predicted octanol–water partition coefficient (Wildman–Crippen LogP) is 0.119. The van der Waals surface area contributed by atoms with E-state index in [0.717, 1.165) is 0 Å². The number of esters is 2. The number of hydrogen-bond acceptors (Lipinski definition) is 6. The zero-order valence-electron chi connectivity index (χ0n) is 12.1. The van der Waals surface area contributed by atoms with Crippen LogP contribution in [0.1, 0.15) is 26.2 Å². The lowest BCUT2D eigenvalue weighted by Crippen LogP contribution is -2.45. The largest absolute Gasteiger partial charge is 0.467 e. The van der Waals surface area contributed by atoms with E-state index in [1.807, 2.05) is 0 Å². The smallest absolute Gasteiger partial charge is 0.328 e. The maximum Gasteiger partial charge on any atom is 0.328 e. The Morgan fingerprint density at radius 1 is 1.35 bits per heavy atom. The van der Waals surface area contributed by atoms with Gasteiger partial charge in [0.2, 0.25) is 5.91 Å². The van der Waals surface area contributed by atoms with Crippen molar-refractivity contribution in [3.63, 3.8) is 0 Å². The number of rotatable bonds is 7. The molecule has 7 nitrogen and oxygen atoms in total. The van der Waals surface area contributed by atoms with Crippen molar-refractivity contribution in [2.24, 2.45) is 0 Å². The van der Waals surface area contributed by atoms with Crippen molar-refractivity contribution in [3.8, 4) is 0 Å². The second-order valence-electron chi connectivity index (χ2n) is 4.65. The van der Waals surface area contributed by atoms with E-state index in [-0.39, 0.29) is 18.9 Å². The Balaban J connectivity index is 2.55. The van der Waals surface area contributed by atoms with Crippen LogP contribution in [0.2, 0.25) is 0 Å². The summed E-state index contributed by atoms with van der Waals surface area (Å²) in [4.78, 5) is 36.5. The number of methoxy groups -OCH3 is 2. The topological polar surface area (TPSA) is 82.1 Å². The van der Waals surface area contributed by atoms with Crippen LogP contribution < -0.4 is 0 Å². The van der Waals surface area contributed by atoms with Gasteiger partial charge in [-0.2, -0.15) is 0 Å². The average molecular weight is 287 g/mol. The fraction of sp³-hybridized carbons (Fsp3) is 0.769. The normalized spacial score (nSPS) is 19.9. The molecule has 1 aliphatic rings. The molecule has 0 aromatic carbocycles. The molecule has 2 unspecified atom stereocenters. The first-order chi connectivity index (χ1) is 9.51. The summed E-state index contributed by atoms with van der Waals surface area (Å²) in [6, 6.07) is -1.00. The van der Waals surface area contributed by atoms with Gasteiger partial charge >= 0.3 is 11.9 Å². The number of carbonyl (C=O) groups is 3. The molecule has 0 spiro atoms. The van der Waals surface area contributed by atoms with Crippen molar-refractivity contribution in [1.29, 1.82) is 0 Å². The Morgan fingerprint density at radius 3 is 2.65 bits per heavy atom. The van der Waals surface area contributed by atoms with Crippen LogP contribution in [0.3, 0.4) is 0 Å². The minimum Gasteiger partial charge on any atom is -0.467 e. The Labute approximate surface area is 118 Å². The molecular formula is C13H21NO6. The van der Waals surface area contributed by atoms with Gasteiger partial charge in [-0.3, -0.25) is 9.59 Å². The van der Waals surface area contributed by atoms with Crippen molar-refractivity contribution in [1.82, 2.24) is 4.90 Å². The third-order valence-electron chi connectivity index (χ3n) is 3.22.